The highest BCUT2D eigenvalue weighted by Gasteiger charge is 2.17. The number of hydrogen-bond donors (Lipinski definition) is 1. The Bertz CT molecular complexity index is 423. The molecule has 0 radical (unpaired) electrons. The van der Waals surface area contributed by atoms with Gasteiger partial charge in [-0.05, 0) is 44.3 Å². The van der Waals surface area contributed by atoms with Crippen LogP contribution >= 0.6 is 0 Å². The Balaban J connectivity index is 2.14. The third-order valence-corrected chi connectivity index (χ3v) is 3.64. The van der Waals surface area contributed by atoms with Crippen molar-refractivity contribution in [1.29, 1.82) is 0 Å². The lowest BCUT2D eigenvalue weighted by Crippen LogP contribution is -2.33. The molecule has 0 aliphatic carbocycles. The predicted molar refractivity (Wildman–Crippen MR) is 81.6 cm³/mol. The minimum Gasteiger partial charge on any atom is -0.486 e. The van der Waals surface area contributed by atoms with Crippen LogP contribution in [-0.4, -0.2) is 44.8 Å². The molecular formula is C16H26N2O2. The van der Waals surface area contributed by atoms with Crippen molar-refractivity contribution in [3.63, 3.8) is 0 Å². The molecule has 1 heterocycles. The number of ether oxygens (including phenoxy) is 2. The topological polar surface area (TPSA) is 33.7 Å². The maximum Gasteiger partial charge on any atom is 0.161 e. The molecule has 1 unspecified atom stereocenters. The average molecular weight is 278 g/mol. The predicted octanol–water partition coefficient (Wildman–Crippen LogP) is 2.45. The molecule has 0 fully saturated rings. The lowest BCUT2D eigenvalue weighted by atomic mass is 10.0. The molecule has 1 aliphatic heterocycles. The SMILES string of the molecule is CCCNC(CN(C)CC)c1ccc2c(c1)OCCO2. The summed E-state index contributed by atoms with van der Waals surface area (Å²) in [6, 6.07) is 6.61. The second-order valence-corrected chi connectivity index (χ2v) is 5.26. The van der Waals surface area contributed by atoms with Crippen LogP contribution in [0.1, 0.15) is 31.9 Å². The van der Waals surface area contributed by atoms with Gasteiger partial charge >= 0.3 is 0 Å². The van der Waals surface area contributed by atoms with Gasteiger partial charge in [0.05, 0.1) is 0 Å². The summed E-state index contributed by atoms with van der Waals surface area (Å²) in [5, 5.41) is 3.62. The smallest absolute Gasteiger partial charge is 0.161 e. The van der Waals surface area contributed by atoms with Crippen LogP contribution in [-0.2, 0) is 0 Å². The fourth-order valence-electron chi connectivity index (χ4n) is 2.32. The Morgan fingerprint density at radius 3 is 2.65 bits per heavy atom. The third kappa shape index (κ3) is 3.87. The molecule has 0 amide bonds. The van der Waals surface area contributed by atoms with Gasteiger partial charge in [0, 0.05) is 12.6 Å². The lowest BCUT2D eigenvalue weighted by Gasteiger charge is -2.26. The first kappa shape index (κ1) is 15.1. The molecule has 4 nitrogen and oxygen atoms in total. The first-order chi connectivity index (χ1) is 9.74. The zero-order chi connectivity index (χ0) is 14.4. The minimum absolute atomic E-state index is 0.329. The van der Waals surface area contributed by atoms with E-state index in [1.165, 1.54) is 5.56 Å². The molecule has 0 spiro atoms. The van der Waals surface area contributed by atoms with Crippen LogP contribution in [0.25, 0.3) is 0 Å². The van der Waals surface area contributed by atoms with Gasteiger partial charge in [-0.15, -0.1) is 0 Å². The van der Waals surface area contributed by atoms with Crippen molar-refractivity contribution in [2.75, 3.05) is 39.9 Å². The molecule has 112 valence electrons. The Labute approximate surface area is 122 Å². The average Bonchev–Trinajstić information content (AvgIpc) is 2.50. The van der Waals surface area contributed by atoms with Gasteiger partial charge in [-0.1, -0.05) is 19.9 Å². The van der Waals surface area contributed by atoms with Gasteiger partial charge in [0.25, 0.3) is 0 Å². The molecule has 1 aliphatic rings. The van der Waals surface area contributed by atoms with Gasteiger partial charge in [0.15, 0.2) is 11.5 Å². The standard InChI is InChI=1S/C16H26N2O2/c1-4-8-17-14(12-18(3)5-2)13-6-7-15-16(11-13)20-10-9-19-15/h6-7,11,14,17H,4-5,8-10,12H2,1-3H3. The molecule has 1 aromatic rings. The first-order valence-corrected chi connectivity index (χ1v) is 7.56. The molecule has 1 N–H and O–H groups in total. The highest BCUT2D eigenvalue weighted by Crippen LogP contribution is 2.32. The van der Waals surface area contributed by atoms with E-state index in [-0.39, 0.29) is 0 Å². The van der Waals surface area contributed by atoms with Gasteiger partial charge in [0.2, 0.25) is 0 Å². The molecule has 4 heteroatoms. The third-order valence-electron chi connectivity index (χ3n) is 3.64. The summed E-state index contributed by atoms with van der Waals surface area (Å²) >= 11 is 0. The summed E-state index contributed by atoms with van der Waals surface area (Å²) in [4.78, 5) is 2.32. The van der Waals surface area contributed by atoms with Crippen molar-refractivity contribution < 1.29 is 9.47 Å². The van der Waals surface area contributed by atoms with Crippen LogP contribution in [0.4, 0.5) is 0 Å². The van der Waals surface area contributed by atoms with Gasteiger partial charge in [-0.2, -0.15) is 0 Å². The van der Waals surface area contributed by atoms with E-state index in [1.807, 2.05) is 6.07 Å². The second-order valence-electron chi connectivity index (χ2n) is 5.26. The van der Waals surface area contributed by atoms with E-state index >= 15 is 0 Å². The van der Waals surface area contributed by atoms with E-state index < -0.39 is 0 Å². The van der Waals surface area contributed by atoms with Crippen molar-refractivity contribution in [3.05, 3.63) is 23.8 Å². The molecule has 0 bridgehead atoms. The van der Waals surface area contributed by atoms with Crippen molar-refractivity contribution in [1.82, 2.24) is 10.2 Å². The van der Waals surface area contributed by atoms with Gasteiger partial charge in [0.1, 0.15) is 13.2 Å². The van der Waals surface area contributed by atoms with E-state index in [4.69, 9.17) is 9.47 Å². The Hall–Kier alpha value is -1.26. The van der Waals surface area contributed by atoms with Crippen LogP contribution < -0.4 is 14.8 Å². The van der Waals surface area contributed by atoms with Crippen LogP contribution in [0.15, 0.2) is 18.2 Å². The summed E-state index contributed by atoms with van der Waals surface area (Å²) in [7, 11) is 2.15. The summed E-state index contributed by atoms with van der Waals surface area (Å²) in [5.41, 5.74) is 1.27. The van der Waals surface area contributed by atoms with Crippen LogP contribution in [0.2, 0.25) is 0 Å². The molecule has 0 aromatic heterocycles. The summed E-state index contributed by atoms with van der Waals surface area (Å²) < 4.78 is 11.3. The summed E-state index contributed by atoms with van der Waals surface area (Å²) in [6.07, 6.45) is 1.14. The molecule has 0 saturated heterocycles. The highest BCUT2D eigenvalue weighted by atomic mass is 16.6. The lowest BCUT2D eigenvalue weighted by molar-refractivity contribution is 0.171. The van der Waals surface area contributed by atoms with Crippen LogP contribution in [0, 0.1) is 0 Å². The largest absolute Gasteiger partial charge is 0.486 e. The van der Waals surface area contributed by atoms with Gasteiger partial charge < -0.3 is 19.7 Å². The Morgan fingerprint density at radius 2 is 1.95 bits per heavy atom. The molecule has 0 saturated carbocycles. The van der Waals surface area contributed by atoms with E-state index in [0.717, 1.165) is 37.6 Å². The number of fused-ring (bicyclic) bond motifs is 1. The van der Waals surface area contributed by atoms with Crippen LogP contribution in [0.3, 0.4) is 0 Å². The number of likely N-dealkylation sites (N-methyl/N-ethyl adjacent to an activating group) is 1. The first-order valence-electron chi connectivity index (χ1n) is 7.56. The Kier molecular flexibility index (Phi) is 5.68. The highest BCUT2D eigenvalue weighted by molar-refractivity contribution is 5.44. The molecule has 2 rings (SSSR count). The van der Waals surface area contributed by atoms with E-state index in [0.29, 0.717) is 19.3 Å². The number of rotatable bonds is 7. The summed E-state index contributed by atoms with van der Waals surface area (Å²) in [5.74, 6) is 1.73. The van der Waals surface area contributed by atoms with E-state index in [9.17, 15) is 0 Å². The summed E-state index contributed by atoms with van der Waals surface area (Å²) in [6.45, 7) is 8.72. The molecule has 1 aromatic carbocycles. The van der Waals surface area contributed by atoms with Crippen LogP contribution in [0.5, 0.6) is 11.5 Å². The van der Waals surface area contributed by atoms with Crippen molar-refractivity contribution in [3.8, 4) is 11.5 Å². The molecule has 20 heavy (non-hydrogen) atoms. The fraction of sp³-hybridized carbons (Fsp3) is 0.625. The number of nitrogens with one attached hydrogen (secondary N) is 1. The number of nitrogens with zero attached hydrogens (tertiary/aromatic N) is 1. The van der Waals surface area contributed by atoms with E-state index in [1.54, 1.807) is 0 Å². The van der Waals surface area contributed by atoms with Gasteiger partial charge in [-0.3, -0.25) is 0 Å². The molecular weight excluding hydrogens is 252 g/mol. The zero-order valence-electron chi connectivity index (χ0n) is 12.8. The number of benzene rings is 1. The fourth-order valence-corrected chi connectivity index (χ4v) is 2.32. The maximum atomic E-state index is 5.68. The monoisotopic (exact) mass is 278 g/mol. The zero-order valence-corrected chi connectivity index (χ0v) is 12.8. The van der Waals surface area contributed by atoms with Crippen molar-refractivity contribution >= 4 is 0 Å². The number of hydrogen-bond acceptors (Lipinski definition) is 4. The van der Waals surface area contributed by atoms with Crippen molar-refractivity contribution in [2.24, 2.45) is 0 Å². The Morgan fingerprint density at radius 1 is 1.20 bits per heavy atom. The second kappa shape index (κ2) is 7.50. The van der Waals surface area contributed by atoms with Crippen molar-refractivity contribution in [2.45, 2.75) is 26.3 Å². The molecule has 1 atom stereocenters. The van der Waals surface area contributed by atoms with E-state index in [2.05, 4.69) is 43.2 Å². The van der Waals surface area contributed by atoms with Gasteiger partial charge in [-0.25, -0.2) is 0 Å². The minimum atomic E-state index is 0.329. The quantitative estimate of drug-likeness (QED) is 0.830. The normalized spacial score (nSPS) is 15.4. The maximum absolute atomic E-state index is 5.68.